The van der Waals surface area contributed by atoms with E-state index in [1.165, 1.54) is 11.3 Å². The van der Waals surface area contributed by atoms with Crippen molar-refractivity contribution in [3.63, 3.8) is 0 Å². The maximum Gasteiger partial charge on any atom is 0.211 e. The molecule has 0 bridgehead atoms. The first-order chi connectivity index (χ1) is 7.44. The molecule has 16 heavy (non-hydrogen) atoms. The molecule has 1 rings (SSSR count). The monoisotopic (exact) mass is 283 g/mol. The minimum atomic E-state index is -3.15. The molecule has 0 saturated carbocycles. The van der Waals surface area contributed by atoms with E-state index in [9.17, 15) is 12.6 Å². The Labute approximate surface area is 101 Å². The first-order valence-electron chi connectivity index (χ1n) is 4.61. The van der Waals surface area contributed by atoms with Crippen molar-refractivity contribution in [2.24, 2.45) is 0 Å². The minimum absolute atomic E-state index is 0.0589. The maximum atomic E-state index is 11.1. The van der Waals surface area contributed by atoms with Crippen molar-refractivity contribution in [3.05, 3.63) is 17.0 Å². The number of rotatable bonds is 6. The molecule has 0 aliphatic heterocycles. The van der Waals surface area contributed by atoms with Crippen LogP contribution in [0.2, 0.25) is 0 Å². The summed E-state index contributed by atoms with van der Waals surface area (Å²) in [5.41, 5.74) is 0. The second-order valence-corrected chi connectivity index (χ2v) is 7.48. The second kappa shape index (κ2) is 5.87. The van der Waals surface area contributed by atoms with E-state index in [1.807, 2.05) is 0 Å². The predicted molar refractivity (Wildman–Crippen MR) is 64.5 cm³/mol. The largest absolute Gasteiger partial charge is 0.302 e. The quantitative estimate of drug-likeness (QED) is 0.757. The summed E-state index contributed by atoms with van der Waals surface area (Å²) in [4.78, 5) is 0.885. The molecule has 1 heterocycles. The molecule has 1 unspecified atom stereocenters. The van der Waals surface area contributed by atoms with Gasteiger partial charge in [0.25, 0.3) is 0 Å². The van der Waals surface area contributed by atoms with Gasteiger partial charge in [-0.15, -0.1) is 11.3 Å². The molecule has 8 heteroatoms. The number of hydrogen-bond donors (Lipinski definition) is 2. The average molecular weight is 283 g/mol. The van der Waals surface area contributed by atoms with Crippen molar-refractivity contribution in [2.45, 2.75) is 17.6 Å². The van der Waals surface area contributed by atoms with Gasteiger partial charge >= 0.3 is 0 Å². The lowest BCUT2D eigenvalue weighted by Gasteiger charge is -2.02. The zero-order chi connectivity index (χ0) is 12.2. The molecule has 0 amide bonds. The topological polar surface area (TPSA) is 83.5 Å². The summed E-state index contributed by atoms with van der Waals surface area (Å²) in [5, 5.41) is 0. The molecule has 0 aliphatic carbocycles. The van der Waals surface area contributed by atoms with E-state index in [-0.39, 0.29) is 5.75 Å². The van der Waals surface area contributed by atoms with Gasteiger partial charge in [0.1, 0.15) is 4.21 Å². The molecule has 5 nitrogen and oxygen atoms in total. The summed E-state index contributed by atoms with van der Waals surface area (Å²) in [6.07, 6.45) is 0.529. The highest BCUT2D eigenvalue weighted by Gasteiger charge is 2.07. The smallest absolute Gasteiger partial charge is 0.211 e. The van der Waals surface area contributed by atoms with Crippen LogP contribution in [-0.2, 0) is 27.5 Å². The fourth-order valence-corrected chi connectivity index (χ4v) is 3.16. The zero-order valence-electron chi connectivity index (χ0n) is 8.67. The van der Waals surface area contributed by atoms with Crippen LogP contribution >= 0.6 is 11.3 Å². The Morgan fingerprint density at radius 1 is 1.50 bits per heavy atom. The van der Waals surface area contributed by atoms with Gasteiger partial charge in [-0.05, 0) is 25.5 Å². The van der Waals surface area contributed by atoms with E-state index < -0.39 is 21.1 Å². The lowest BCUT2D eigenvalue weighted by molar-refractivity contribution is 0.566. The van der Waals surface area contributed by atoms with Gasteiger partial charge in [0, 0.05) is 11.4 Å². The Kier molecular flexibility index (Phi) is 5.06. The highest BCUT2D eigenvalue weighted by molar-refractivity contribution is 7.89. The molecule has 0 fully saturated rings. The molecule has 2 N–H and O–H groups in total. The van der Waals surface area contributed by atoms with E-state index in [4.69, 9.17) is 4.55 Å². The summed E-state index contributed by atoms with van der Waals surface area (Å²) in [6.45, 7) is 1.88. The fourth-order valence-electron chi connectivity index (χ4n) is 1.02. The van der Waals surface area contributed by atoms with E-state index in [2.05, 4.69) is 4.72 Å². The van der Waals surface area contributed by atoms with Crippen LogP contribution < -0.4 is 4.72 Å². The standard InChI is InChI=1S/C8H13NO4S3/c1-2-16(12,13)9-6-5-7-3-4-8(14-7)15(10)11/h3-4,9H,2,5-6H2,1H3,(H,10,11). The summed E-state index contributed by atoms with van der Waals surface area (Å²) in [5.74, 6) is 0.0589. The van der Waals surface area contributed by atoms with Gasteiger partial charge in [-0.2, -0.15) is 0 Å². The molecular formula is C8H13NO4S3. The maximum absolute atomic E-state index is 11.1. The third-order valence-corrected chi connectivity index (χ3v) is 5.38. The molecule has 0 saturated heterocycles. The fraction of sp³-hybridized carbons (Fsp3) is 0.500. The number of nitrogens with one attached hydrogen (secondary N) is 1. The average Bonchev–Trinajstić information content (AvgIpc) is 2.66. The van der Waals surface area contributed by atoms with Gasteiger partial charge in [-0.3, -0.25) is 0 Å². The third-order valence-electron chi connectivity index (χ3n) is 1.88. The van der Waals surface area contributed by atoms with E-state index in [0.29, 0.717) is 17.2 Å². The number of thiophene rings is 1. The van der Waals surface area contributed by atoms with Crippen molar-refractivity contribution in [3.8, 4) is 0 Å². The van der Waals surface area contributed by atoms with Gasteiger partial charge in [0.05, 0.1) is 5.75 Å². The third kappa shape index (κ3) is 4.30. The molecule has 0 aliphatic rings. The lowest BCUT2D eigenvalue weighted by Crippen LogP contribution is -2.27. The first kappa shape index (κ1) is 13.8. The summed E-state index contributed by atoms with van der Waals surface area (Å²) < 4.78 is 44.5. The molecule has 1 aromatic heterocycles. The number of sulfonamides is 1. The van der Waals surface area contributed by atoms with Crippen molar-refractivity contribution in [1.82, 2.24) is 4.72 Å². The van der Waals surface area contributed by atoms with E-state index >= 15 is 0 Å². The van der Waals surface area contributed by atoms with E-state index in [1.54, 1.807) is 19.1 Å². The Morgan fingerprint density at radius 2 is 2.19 bits per heavy atom. The summed E-state index contributed by atoms with van der Waals surface area (Å²) in [7, 11) is -3.15. The van der Waals surface area contributed by atoms with E-state index in [0.717, 1.165) is 4.88 Å². The van der Waals surface area contributed by atoms with Crippen LogP contribution in [0.15, 0.2) is 16.3 Å². The van der Waals surface area contributed by atoms with Crippen molar-refractivity contribution < 1.29 is 17.2 Å². The Balaban J connectivity index is 2.46. The van der Waals surface area contributed by atoms with Crippen LogP contribution in [-0.4, -0.2) is 29.5 Å². The minimum Gasteiger partial charge on any atom is -0.302 e. The first-order valence-corrected chi connectivity index (χ1v) is 8.19. The normalized spacial score (nSPS) is 13.9. The van der Waals surface area contributed by atoms with Crippen molar-refractivity contribution >= 4 is 32.4 Å². The summed E-state index contributed by atoms with van der Waals surface area (Å²) >= 11 is -0.738. The van der Waals surface area contributed by atoms with Crippen LogP contribution in [0.3, 0.4) is 0 Å². The van der Waals surface area contributed by atoms with Crippen LogP contribution in [0.5, 0.6) is 0 Å². The van der Waals surface area contributed by atoms with Crippen LogP contribution in [0.1, 0.15) is 11.8 Å². The van der Waals surface area contributed by atoms with Crippen LogP contribution in [0.4, 0.5) is 0 Å². The van der Waals surface area contributed by atoms with Crippen molar-refractivity contribution in [2.75, 3.05) is 12.3 Å². The molecule has 92 valence electrons. The predicted octanol–water partition coefficient (Wildman–Crippen LogP) is 0.810. The highest BCUT2D eigenvalue weighted by Crippen LogP contribution is 2.19. The van der Waals surface area contributed by atoms with Crippen molar-refractivity contribution in [1.29, 1.82) is 0 Å². The van der Waals surface area contributed by atoms with Gasteiger partial charge in [-0.1, -0.05) is 0 Å². The highest BCUT2D eigenvalue weighted by atomic mass is 32.2. The number of hydrogen-bond acceptors (Lipinski definition) is 4. The van der Waals surface area contributed by atoms with Gasteiger partial charge in [-0.25, -0.2) is 17.3 Å². The Bertz CT molecular complexity index is 465. The van der Waals surface area contributed by atoms with Gasteiger partial charge in [0.15, 0.2) is 11.1 Å². The molecule has 0 aromatic carbocycles. The second-order valence-electron chi connectivity index (χ2n) is 3.02. The molecular weight excluding hydrogens is 270 g/mol. The molecule has 0 radical (unpaired) electrons. The zero-order valence-corrected chi connectivity index (χ0v) is 11.1. The Hall–Kier alpha value is -0.280. The molecule has 1 atom stereocenters. The molecule has 0 spiro atoms. The Morgan fingerprint density at radius 3 is 2.69 bits per heavy atom. The van der Waals surface area contributed by atoms with Gasteiger partial charge < -0.3 is 4.55 Å². The summed E-state index contributed by atoms with van der Waals surface area (Å²) in [6, 6.07) is 3.30. The SMILES string of the molecule is CCS(=O)(=O)NCCc1ccc(S(=O)O)s1. The lowest BCUT2D eigenvalue weighted by atomic mass is 10.3. The molecule has 1 aromatic rings. The van der Waals surface area contributed by atoms with Crippen LogP contribution in [0, 0.1) is 0 Å². The van der Waals surface area contributed by atoms with Crippen LogP contribution in [0.25, 0.3) is 0 Å². The van der Waals surface area contributed by atoms with Gasteiger partial charge in [0.2, 0.25) is 10.0 Å².